The lowest BCUT2D eigenvalue weighted by Gasteiger charge is -2.24. The van der Waals surface area contributed by atoms with Crippen molar-refractivity contribution in [1.29, 1.82) is 0 Å². The van der Waals surface area contributed by atoms with Gasteiger partial charge in [-0.15, -0.1) is 0 Å². The van der Waals surface area contributed by atoms with Crippen molar-refractivity contribution in [3.8, 4) is 0 Å². The molecule has 1 aliphatic carbocycles. The highest BCUT2D eigenvalue weighted by atomic mass is 15.0. The standard InChI is InChI=1S/C24H27N/c1-4-10-20(11-5-1)18-23-16-17-24(22-14-8-3-9-15-22)25(23)19-21-12-6-2-7-13-21/h1-2,4-7,10-13,16-17,22H,3,8-9,14-15,18-19H2. The van der Waals surface area contributed by atoms with Crippen LogP contribution < -0.4 is 0 Å². The summed E-state index contributed by atoms with van der Waals surface area (Å²) in [4.78, 5) is 0. The van der Waals surface area contributed by atoms with Crippen LogP contribution in [0.3, 0.4) is 0 Å². The van der Waals surface area contributed by atoms with Crippen LogP contribution in [0, 0.1) is 0 Å². The molecule has 1 heteroatoms. The van der Waals surface area contributed by atoms with E-state index in [1.54, 1.807) is 5.69 Å². The molecular formula is C24H27N. The molecule has 0 aliphatic heterocycles. The van der Waals surface area contributed by atoms with Gasteiger partial charge < -0.3 is 4.57 Å². The van der Waals surface area contributed by atoms with Gasteiger partial charge in [-0.25, -0.2) is 0 Å². The smallest absolute Gasteiger partial charge is 0.0475 e. The second-order valence-corrected chi connectivity index (χ2v) is 7.32. The van der Waals surface area contributed by atoms with Crippen molar-refractivity contribution in [3.05, 3.63) is 95.3 Å². The molecule has 0 radical (unpaired) electrons. The van der Waals surface area contributed by atoms with E-state index in [9.17, 15) is 0 Å². The molecule has 1 aromatic heterocycles. The van der Waals surface area contributed by atoms with Gasteiger partial charge in [0.15, 0.2) is 0 Å². The molecule has 1 fully saturated rings. The summed E-state index contributed by atoms with van der Waals surface area (Å²) in [5, 5.41) is 0. The summed E-state index contributed by atoms with van der Waals surface area (Å²) in [5.41, 5.74) is 5.78. The fourth-order valence-corrected chi connectivity index (χ4v) is 4.20. The zero-order chi connectivity index (χ0) is 16.9. The monoisotopic (exact) mass is 329 g/mol. The van der Waals surface area contributed by atoms with E-state index in [1.807, 2.05) is 0 Å². The molecule has 0 spiro atoms. The normalized spacial score (nSPS) is 15.4. The lowest BCUT2D eigenvalue weighted by molar-refractivity contribution is 0.425. The van der Waals surface area contributed by atoms with Crippen molar-refractivity contribution < 1.29 is 0 Å². The average molecular weight is 329 g/mol. The van der Waals surface area contributed by atoms with Crippen LogP contribution in [0.15, 0.2) is 72.8 Å². The maximum Gasteiger partial charge on any atom is 0.0475 e. The van der Waals surface area contributed by atoms with Crippen LogP contribution in [0.4, 0.5) is 0 Å². The summed E-state index contributed by atoms with van der Waals surface area (Å²) in [7, 11) is 0. The van der Waals surface area contributed by atoms with E-state index >= 15 is 0 Å². The Morgan fingerprint density at radius 1 is 0.680 bits per heavy atom. The Kier molecular flexibility index (Phi) is 5.01. The Hall–Kier alpha value is -2.28. The van der Waals surface area contributed by atoms with Crippen LogP contribution in [-0.2, 0) is 13.0 Å². The molecule has 0 unspecified atom stereocenters. The summed E-state index contributed by atoms with van der Waals surface area (Å²) in [5.74, 6) is 0.738. The van der Waals surface area contributed by atoms with Crippen LogP contribution in [-0.4, -0.2) is 4.57 Å². The van der Waals surface area contributed by atoms with Crippen LogP contribution >= 0.6 is 0 Å². The van der Waals surface area contributed by atoms with Crippen LogP contribution in [0.1, 0.15) is 60.5 Å². The van der Waals surface area contributed by atoms with Gasteiger partial charge in [0.2, 0.25) is 0 Å². The van der Waals surface area contributed by atoms with E-state index in [2.05, 4.69) is 77.4 Å². The molecule has 4 rings (SSSR count). The van der Waals surface area contributed by atoms with E-state index in [0.717, 1.165) is 18.9 Å². The van der Waals surface area contributed by atoms with Gasteiger partial charge in [-0.2, -0.15) is 0 Å². The molecule has 0 atom stereocenters. The molecule has 0 amide bonds. The predicted molar refractivity (Wildman–Crippen MR) is 105 cm³/mol. The Morgan fingerprint density at radius 2 is 1.32 bits per heavy atom. The Labute approximate surface area is 151 Å². The minimum absolute atomic E-state index is 0.738. The zero-order valence-corrected chi connectivity index (χ0v) is 14.9. The van der Waals surface area contributed by atoms with Gasteiger partial charge in [0, 0.05) is 24.4 Å². The second kappa shape index (κ2) is 7.74. The molecule has 25 heavy (non-hydrogen) atoms. The van der Waals surface area contributed by atoms with Crippen molar-refractivity contribution in [1.82, 2.24) is 4.57 Å². The maximum absolute atomic E-state index is 2.60. The topological polar surface area (TPSA) is 4.93 Å². The van der Waals surface area contributed by atoms with Gasteiger partial charge in [0.1, 0.15) is 0 Å². The molecule has 0 N–H and O–H groups in total. The number of rotatable bonds is 5. The molecule has 128 valence electrons. The summed E-state index contributed by atoms with van der Waals surface area (Å²) in [6.07, 6.45) is 7.89. The molecule has 1 nitrogen and oxygen atoms in total. The third-order valence-electron chi connectivity index (χ3n) is 5.54. The SMILES string of the molecule is c1ccc(Cc2ccc(C3CCCCC3)n2Cc2ccccc2)cc1. The Bertz CT molecular complexity index is 779. The molecule has 1 saturated carbocycles. The predicted octanol–water partition coefficient (Wildman–Crippen LogP) is 6.17. The highest BCUT2D eigenvalue weighted by Crippen LogP contribution is 2.34. The number of benzene rings is 2. The molecule has 2 aromatic carbocycles. The lowest BCUT2D eigenvalue weighted by Crippen LogP contribution is -2.14. The lowest BCUT2D eigenvalue weighted by atomic mass is 9.87. The minimum atomic E-state index is 0.738. The number of hydrogen-bond donors (Lipinski definition) is 0. The van der Waals surface area contributed by atoms with Crippen molar-refractivity contribution in [2.45, 2.75) is 51.0 Å². The molecule has 3 aromatic rings. The van der Waals surface area contributed by atoms with Gasteiger partial charge in [0.25, 0.3) is 0 Å². The minimum Gasteiger partial charge on any atom is -0.344 e. The van der Waals surface area contributed by atoms with Crippen molar-refractivity contribution in [2.75, 3.05) is 0 Å². The number of aromatic nitrogens is 1. The first-order valence-electron chi connectivity index (χ1n) is 9.66. The molecule has 0 bridgehead atoms. The third kappa shape index (κ3) is 3.87. The first-order valence-corrected chi connectivity index (χ1v) is 9.66. The number of nitrogens with zero attached hydrogens (tertiary/aromatic N) is 1. The molecule has 1 heterocycles. The van der Waals surface area contributed by atoms with E-state index in [1.165, 1.54) is 48.9 Å². The van der Waals surface area contributed by atoms with Gasteiger partial charge >= 0.3 is 0 Å². The second-order valence-electron chi connectivity index (χ2n) is 7.32. The average Bonchev–Trinajstić information content (AvgIpc) is 3.06. The fourth-order valence-electron chi connectivity index (χ4n) is 4.20. The zero-order valence-electron chi connectivity index (χ0n) is 14.9. The van der Waals surface area contributed by atoms with E-state index < -0.39 is 0 Å². The Balaban J connectivity index is 1.66. The Morgan fingerprint density at radius 3 is 2.00 bits per heavy atom. The first kappa shape index (κ1) is 16.2. The molecular weight excluding hydrogens is 302 g/mol. The summed E-state index contributed by atoms with van der Waals surface area (Å²) >= 11 is 0. The van der Waals surface area contributed by atoms with Gasteiger partial charge in [-0.05, 0) is 42.0 Å². The molecule has 1 aliphatic rings. The highest BCUT2D eigenvalue weighted by molar-refractivity contribution is 5.29. The molecule has 0 saturated heterocycles. The van der Waals surface area contributed by atoms with E-state index in [4.69, 9.17) is 0 Å². The summed E-state index contributed by atoms with van der Waals surface area (Å²) < 4.78 is 2.60. The van der Waals surface area contributed by atoms with E-state index in [-0.39, 0.29) is 0 Å². The van der Waals surface area contributed by atoms with Crippen molar-refractivity contribution in [3.63, 3.8) is 0 Å². The quantitative estimate of drug-likeness (QED) is 0.527. The van der Waals surface area contributed by atoms with Gasteiger partial charge in [0.05, 0.1) is 0 Å². The van der Waals surface area contributed by atoms with Crippen LogP contribution in [0.25, 0.3) is 0 Å². The fraction of sp³-hybridized carbons (Fsp3) is 0.333. The van der Waals surface area contributed by atoms with Crippen LogP contribution in [0.5, 0.6) is 0 Å². The van der Waals surface area contributed by atoms with Gasteiger partial charge in [-0.3, -0.25) is 0 Å². The highest BCUT2D eigenvalue weighted by Gasteiger charge is 2.20. The maximum atomic E-state index is 2.60. The third-order valence-corrected chi connectivity index (χ3v) is 5.54. The van der Waals surface area contributed by atoms with Crippen molar-refractivity contribution in [2.24, 2.45) is 0 Å². The summed E-state index contributed by atoms with van der Waals surface area (Å²) in [6, 6.07) is 26.5. The van der Waals surface area contributed by atoms with Crippen LogP contribution in [0.2, 0.25) is 0 Å². The summed E-state index contributed by atoms with van der Waals surface area (Å²) in [6.45, 7) is 0.988. The van der Waals surface area contributed by atoms with E-state index in [0.29, 0.717) is 0 Å². The number of hydrogen-bond acceptors (Lipinski definition) is 0. The largest absolute Gasteiger partial charge is 0.344 e. The first-order chi connectivity index (χ1) is 12.4. The van der Waals surface area contributed by atoms with Gasteiger partial charge in [-0.1, -0.05) is 79.9 Å². The van der Waals surface area contributed by atoms with Crippen molar-refractivity contribution >= 4 is 0 Å².